The second kappa shape index (κ2) is 8.73. The van der Waals surface area contributed by atoms with Gasteiger partial charge in [0, 0.05) is 18.7 Å². The van der Waals surface area contributed by atoms with Gasteiger partial charge in [-0.05, 0) is 58.7 Å². The maximum atomic E-state index is 12.8. The number of hydrogen-bond acceptors (Lipinski definition) is 6. The molecule has 1 amide bonds. The van der Waals surface area contributed by atoms with Gasteiger partial charge in [0.15, 0.2) is 9.84 Å². The Morgan fingerprint density at radius 2 is 1.97 bits per heavy atom. The van der Waals surface area contributed by atoms with Gasteiger partial charge in [0.1, 0.15) is 5.82 Å². The molecule has 3 aliphatic heterocycles. The first-order valence-corrected chi connectivity index (χ1v) is 12.7. The zero-order chi connectivity index (χ0) is 20.4. The largest absolute Gasteiger partial charge is 0.310 e. The van der Waals surface area contributed by atoms with Crippen molar-refractivity contribution in [2.45, 2.75) is 57.5 Å². The fraction of sp³-hybridized carbons (Fsp3) is 0.800. The van der Waals surface area contributed by atoms with Crippen LogP contribution in [0.4, 0.5) is 5.82 Å². The van der Waals surface area contributed by atoms with E-state index in [9.17, 15) is 13.2 Å². The van der Waals surface area contributed by atoms with Crippen LogP contribution in [0.2, 0.25) is 0 Å². The lowest BCUT2D eigenvalue weighted by Crippen LogP contribution is -2.44. The molecule has 2 atom stereocenters. The molecule has 1 aromatic rings. The van der Waals surface area contributed by atoms with E-state index in [2.05, 4.69) is 20.2 Å². The summed E-state index contributed by atoms with van der Waals surface area (Å²) in [4.78, 5) is 17.6. The molecule has 3 fully saturated rings. The van der Waals surface area contributed by atoms with Crippen LogP contribution in [-0.4, -0.2) is 84.2 Å². The van der Waals surface area contributed by atoms with Gasteiger partial charge < -0.3 is 10.2 Å². The molecule has 0 unspecified atom stereocenters. The molecule has 1 aromatic heterocycles. The molecule has 0 bridgehead atoms. The monoisotopic (exact) mass is 423 g/mol. The van der Waals surface area contributed by atoms with Crippen LogP contribution in [0.1, 0.15) is 50.3 Å². The number of carbonyl (C=O) groups excluding carboxylic acids is 1. The predicted molar refractivity (Wildman–Crippen MR) is 113 cm³/mol. The van der Waals surface area contributed by atoms with Crippen molar-refractivity contribution in [3.63, 3.8) is 0 Å². The fourth-order valence-electron chi connectivity index (χ4n) is 4.97. The highest BCUT2D eigenvalue weighted by atomic mass is 32.2. The Kier molecular flexibility index (Phi) is 6.27. The summed E-state index contributed by atoms with van der Waals surface area (Å²) in [6, 6.07) is 2.09. The molecule has 0 aliphatic carbocycles. The van der Waals surface area contributed by atoms with E-state index in [0.717, 1.165) is 31.6 Å². The first-order valence-electron chi connectivity index (χ1n) is 10.9. The molecular weight excluding hydrogens is 390 g/mol. The number of nitrogens with zero attached hydrogens (tertiary/aromatic N) is 4. The Morgan fingerprint density at radius 3 is 2.69 bits per heavy atom. The molecule has 29 heavy (non-hydrogen) atoms. The summed E-state index contributed by atoms with van der Waals surface area (Å²) >= 11 is 0. The van der Waals surface area contributed by atoms with Crippen molar-refractivity contribution in [3.05, 3.63) is 11.8 Å². The number of aromatic nitrogens is 2. The molecule has 0 aromatic carbocycles. The molecule has 0 radical (unpaired) electrons. The van der Waals surface area contributed by atoms with E-state index in [1.807, 2.05) is 13.0 Å². The molecule has 4 heterocycles. The molecular formula is C20H33N5O3S. The number of nitrogens with one attached hydrogen (secondary N) is 1. The van der Waals surface area contributed by atoms with Crippen LogP contribution in [0.3, 0.4) is 0 Å². The SMILES string of the molecule is Cc1cc(NC(=O)CN2CCC[C@@H]2CN2CCCCC2)n([C@H]2CCS(=O)(=O)C2)n1. The second-order valence-electron chi connectivity index (χ2n) is 8.85. The van der Waals surface area contributed by atoms with Crippen molar-refractivity contribution in [2.24, 2.45) is 0 Å². The van der Waals surface area contributed by atoms with Crippen molar-refractivity contribution in [1.82, 2.24) is 19.6 Å². The van der Waals surface area contributed by atoms with Gasteiger partial charge in [-0.2, -0.15) is 5.10 Å². The summed E-state index contributed by atoms with van der Waals surface area (Å²) < 4.78 is 25.4. The van der Waals surface area contributed by atoms with Crippen molar-refractivity contribution in [3.8, 4) is 0 Å². The third-order valence-corrected chi connectivity index (χ3v) is 8.19. The van der Waals surface area contributed by atoms with E-state index in [1.54, 1.807) is 4.68 Å². The lowest BCUT2D eigenvalue weighted by Gasteiger charge is -2.32. The summed E-state index contributed by atoms with van der Waals surface area (Å²) in [6.07, 6.45) is 6.75. The van der Waals surface area contributed by atoms with E-state index in [-0.39, 0.29) is 23.5 Å². The highest BCUT2D eigenvalue weighted by molar-refractivity contribution is 7.91. The molecule has 8 nitrogen and oxygen atoms in total. The van der Waals surface area contributed by atoms with Crippen LogP contribution in [0.25, 0.3) is 0 Å². The fourth-order valence-corrected chi connectivity index (χ4v) is 6.67. The van der Waals surface area contributed by atoms with Gasteiger partial charge in [0.2, 0.25) is 5.91 Å². The smallest absolute Gasteiger partial charge is 0.239 e. The zero-order valence-electron chi connectivity index (χ0n) is 17.3. The number of likely N-dealkylation sites (tertiary alicyclic amines) is 2. The molecule has 0 spiro atoms. The van der Waals surface area contributed by atoms with E-state index in [4.69, 9.17) is 0 Å². The number of aryl methyl sites for hydroxylation is 1. The average Bonchev–Trinajstić information content (AvgIpc) is 3.35. The van der Waals surface area contributed by atoms with Crippen LogP contribution < -0.4 is 5.32 Å². The minimum absolute atomic E-state index is 0.0439. The number of hydrogen-bond donors (Lipinski definition) is 1. The van der Waals surface area contributed by atoms with E-state index in [1.165, 1.54) is 32.4 Å². The summed E-state index contributed by atoms with van der Waals surface area (Å²) in [6.45, 7) is 6.63. The van der Waals surface area contributed by atoms with Gasteiger partial charge >= 0.3 is 0 Å². The summed E-state index contributed by atoms with van der Waals surface area (Å²) in [5, 5.41) is 7.45. The third kappa shape index (κ3) is 5.19. The predicted octanol–water partition coefficient (Wildman–Crippen LogP) is 1.44. The minimum atomic E-state index is -3.01. The Hall–Kier alpha value is -1.45. The van der Waals surface area contributed by atoms with E-state index < -0.39 is 9.84 Å². The Morgan fingerprint density at radius 1 is 1.17 bits per heavy atom. The Bertz CT molecular complexity index is 831. The number of amides is 1. The van der Waals surface area contributed by atoms with Gasteiger partial charge in [-0.15, -0.1) is 0 Å². The minimum Gasteiger partial charge on any atom is -0.310 e. The standard InChI is InChI=1S/C20H33N5O3S/c1-16-12-19(25(22-16)18-7-11-29(27,28)15-18)21-20(26)14-24-10-5-6-17(24)13-23-8-3-2-4-9-23/h12,17-18H,2-11,13-15H2,1H3,(H,21,26)/t17-,18+/m1/s1. The van der Waals surface area contributed by atoms with Gasteiger partial charge in [-0.1, -0.05) is 6.42 Å². The lowest BCUT2D eigenvalue weighted by molar-refractivity contribution is -0.117. The van der Waals surface area contributed by atoms with E-state index in [0.29, 0.717) is 24.8 Å². The van der Waals surface area contributed by atoms with Gasteiger partial charge in [-0.3, -0.25) is 9.69 Å². The van der Waals surface area contributed by atoms with Gasteiger partial charge in [-0.25, -0.2) is 13.1 Å². The van der Waals surface area contributed by atoms with E-state index >= 15 is 0 Å². The van der Waals surface area contributed by atoms with Crippen molar-refractivity contribution >= 4 is 21.6 Å². The average molecular weight is 424 g/mol. The second-order valence-corrected chi connectivity index (χ2v) is 11.1. The molecule has 1 N–H and O–H groups in total. The molecule has 3 aliphatic rings. The molecule has 9 heteroatoms. The van der Waals surface area contributed by atoms with Crippen molar-refractivity contribution in [2.75, 3.05) is 49.5 Å². The van der Waals surface area contributed by atoms with Crippen molar-refractivity contribution < 1.29 is 13.2 Å². The zero-order valence-corrected chi connectivity index (χ0v) is 18.2. The summed E-state index contributed by atoms with van der Waals surface area (Å²) in [7, 11) is -3.01. The summed E-state index contributed by atoms with van der Waals surface area (Å²) in [5.41, 5.74) is 0.786. The van der Waals surface area contributed by atoms with Gasteiger partial charge in [0.25, 0.3) is 0 Å². The highest BCUT2D eigenvalue weighted by Gasteiger charge is 2.32. The lowest BCUT2D eigenvalue weighted by atomic mass is 10.1. The molecule has 162 valence electrons. The summed E-state index contributed by atoms with van der Waals surface area (Å²) in [5.74, 6) is 0.857. The number of piperidine rings is 1. The van der Waals surface area contributed by atoms with Crippen molar-refractivity contribution in [1.29, 1.82) is 0 Å². The van der Waals surface area contributed by atoms with Crippen LogP contribution in [-0.2, 0) is 14.6 Å². The highest BCUT2D eigenvalue weighted by Crippen LogP contribution is 2.27. The van der Waals surface area contributed by atoms with Crippen LogP contribution in [0.15, 0.2) is 6.07 Å². The number of anilines is 1. The van der Waals surface area contributed by atoms with Gasteiger partial charge in [0.05, 0.1) is 29.8 Å². The molecule has 0 saturated carbocycles. The first kappa shape index (κ1) is 20.8. The Labute approximate surface area is 173 Å². The Balaban J connectivity index is 1.36. The maximum absolute atomic E-state index is 12.8. The third-order valence-electron chi connectivity index (χ3n) is 6.44. The first-order chi connectivity index (χ1) is 13.9. The quantitative estimate of drug-likeness (QED) is 0.745. The molecule has 4 rings (SSSR count). The molecule has 3 saturated heterocycles. The van der Waals surface area contributed by atoms with Crippen LogP contribution >= 0.6 is 0 Å². The van der Waals surface area contributed by atoms with Crippen LogP contribution in [0, 0.1) is 6.92 Å². The normalized spacial score (nSPS) is 28.0. The topological polar surface area (TPSA) is 87.5 Å². The number of sulfone groups is 1. The maximum Gasteiger partial charge on any atom is 0.239 e. The number of carbonyl (C=O) groups is 1. The number of rotatable bonds is 6. The van der Waals surface area contributed by atoms with Crippen LogP contribution in [0.5, 0.6) is 0 Å².